The number of aliphatic carboxylic acids is 1. The summed E-state index contributed by atoms with van der Waals surface area (Å²) in [6, 6.07) is 3.27. The highest BCUT2D eigenvalue weighted by molar-refractivity contribution is 5.97. The zero-order valence-corrected chi connectivity index (χ0v) is 10.3. The number of nitrogens with zero attached hydrogens (tertiary/aromatic N) is 1. The van der Waals surface area contributed by atoms with E-state index in [1.807, 2.05) is 0 Å². The van der Waals surface area contributed by atoms with Gasteiger partial charge in [-0.3, -0.25) is 4.79 Å². The molecule has 0 saturated carbocycles. The number of β-amino-alcohol motifs (C(OH)–C–C–N with tert-alkyl or cyclic N) is 1. The van der Waals surface area contributed by atoms with Gasteiger partial charge >= 0.3 is 5.97 Å². The van der Waals surface area contributed by atoms with Crippen LogP contribution in [0, 0.1) is 12.7 Å². The Morgan fingerprint density at radius 1 is 1.42 bits per heavy atom. The number of aryl methyl sites for hydroxylation is 1. The maximum Gasteiger partial charge on any atom is 0.326 e. The molecule has 1 amide bonds. The van der Waals surface area contributed by atoms with Crippen molar-refractivity contribution in [3.8, 4) is 0 Å². The van der Waals surface area contributed by atoms with Crippen LogP contribution in [0.4, 0.5) is 4.39 Å². The Morgan fingerprint density at radius 2 is 2.11 bits per heavy atom. The predicted octanol–water partition coefficient (Wildman–Crippen LogP) is 0.794. The van der Waals surface area contributed by atoms with Gasteiger partial charge in [0.25, 0.3) is 5.91 Å². The molecular weight excluding hydrogens is 253 g/mol. The lowest BCUT2D eigenvalue weighted by molar-refractivity contribution is -0.141. The summed E-state index contributed by atoms with van der Waals surface area (Å²) >= 11 is 0. The van der Waals surface area contributed by atoms with Crippen molar-refractivity contribution < 1.29 is 24.2 Å². The zero-order valence-electron chi connectivity index (χ0n) is 10.3. The lowest BCUT2D eigenvalue weighted by Crippen LogP contribution is -2.41. The predicted molar refractivity (Wildman–Crippen MR) is 64.2 cm³/mol. The fourth-order valence-electron chi connectivity index (χ4n) is 2.24. The third-order valence-electron chi connectivity index (χ3n) is 3.25. The normalized spacial score (nSPS) is 22.6. The second kappa shape index (κ2) is 4.97. The Morgan fingerprint density at radius 3 is 2.74 bits per heavy atom. The van der Waals surface area contributed by atoms with Crippen LogP contribution in [0.2, 0.25) is 0 Å². The molecule has 2 atom stereocenters. The molecular formula is C13H14FNO4. The Kier molecular flexibility index (Phi) is 3.53. The number of carboxylic acid groups (broad SMARTS) is 1. The van der Waals surface area contributed by atoms with Gasteiger partial charge in [-0.05, 0) is 18.6 Å². The molecule has 1 heterocycles. The van der Waals surface area contributed by atoms with Crippen LogP contribution in [0.3, 0.4) is 0 Å². The van der Waals surface area contributed by atoms with E-state index in [-0.39, 0.29) is 18.5 Å². The van der Waals surface area contributed by atoms with Crippen molar-refractivity contribution in [3.63, 3.8) is 0 Å². The molecule has 0 bridgehead atoms. The van der Waals surface area contributed by atoms with Crippen molar-refractivity contribution in [2.45, 2.75) is 25.5 Å². The number of aliphatic hydroxyl groups excluding tert-OH is 1. The van der Waals surface area contributed by atoms with Gasteiger partial charge in [-0.2, -0.15) is 0 Å². The summed E-state index contributed by atoms with van der Waals surface area (Å²) in [5.41, 5.74) is 0.151. The minimum absolute atomic E-state index is 0.0332. The van der Waals surface area contributed by atoms with Gasteiger partial charge in [-0.25, -0.2) is 9.18 Å². The van der Waals surface area contributed by atoms with E-state index in [4.69, 9.17) is 5.11 Å². The van der Waals surface area contributed by atoms with Crippen molar-refractivity contribution in [1.82, 2.24) is 4.90 Å². The number of aliphatic hydroxyl groups is 1. The van der Waals surface area contributed by atoms with Gasteiger partial charge in [-0.15, -0.1) is 0 Å². The number of benzene rings is 1. The Hall–Kier alpha value is -1.95. The SMILES string of the molecule is Cc1cccc(C(=O)N2CC(O)C[C@H]2C(=O)O)c1F. The summed E-state index contributed by atoms with van der Waals surface area (Å²) in [6.07, 6.45) is -0.924. The molecule has 0 aliphatic carbocycles. The molecule has 0 radical (unpaired) electrons. The fourth-order valence-corrected chi connectivity index (χ4v) is 2.24. The first-order chi connectivity index (χ1) is 8.91. The number of halogens is 1. The van der Waals surface area contributed by atoms with Crippen molar-refractivity contribution in [2.24, 2.45) is 0 Å². The molecule has 1 fully saturated rings. The number of hydrogen-bond acceptors (Lipinski definition) is 3. The van der Waals surface area contributed by atoms with E-state index in [9.17, 15) is 19.1 Å². The Bertz CT molecular complexity index is 531. The van der Waals surface area contributed by atoms with Crippen LogP contribution in [0.15, 0.2) is 18.2 Å². The van der Waals surface area contributed by atoms with E-state index in [0.29, 0.717) is 5.56 Å². The minimum Gasteiger partial charge on any atom is -0.480 e. The number of carbonyl (C=O) groups is 2. The highest BCUT2D eigenvalue weighted by atomic mass is 19.1. The molecule has 1 aliphatic rings. The second-order valence-electron chi connectivity index (χ2n) is 4.64. The molecule has 6 heteroatoms. The van der Waals surface area contributed by atoms with Crippen molar-refractivity contribution in [2.75, 3.05) is 6.54 Å². The number of carboxylic acids is 1. The molecule has 1 unspecified atom stereocenters. The van der Waals surface area contributed by atoms with Crippen LogP contribution >= 0.6 is 0 Å². The molecule has 2 rings (SSSR count). The zero-order chi connectivity index (χ0) is 14.2. The van der Waals surface area contributed by atoms with Crippen molar-refractivity contribution in [3.05, 3.63) is 35.1 Å². The summed E-state index contributed by atoms with van der Waals surface area (Å²) in [6.45, 7) is 1.43. The summed E-state index contributed by atoms with van der Waals surface area (Å²) in [5.74, 6) is -2.55. The van der Waals surface area contributed by atoms with E-state index in [0.717, 1.165) is 4.90 Å². The van der Waals surface area contributed by atoms with Gasteiger partial charge in [-0.1, -0.05) is 12.1 Å². The maximum absolute atomic E-state index is 13.9. The lowest BCUT2D eigenvalue weighted by atomic mass is 10.1. The summed E-state index contributed by atoms with van der Waals surface area (Å²) in [4.78, 5) is 24.2. The quantitative estimate of drug-likeness (QED) is 0.830. The molecule has 1 aromatic rings. The first-order valence-corrected chi connectivity index (χ1v) is 5.88. The Balaban J connectivity index is 2.33. The lowest BCUT2D eigenvalue weighted by Gasteiger charge is -2.21. The average molecular weight is 267 g/mol. The van der Waals surface area contributed by atoms with Gasteiger partial charge < -0.3 is 15.1 Å². The molecule has 1 aliphatic heterocycles. The van der Waals surface area contributed by atoms with E-state index in [1.54, 1.807) is 0 Å². The van der Waals surface area contributed by atoms with Gasteiger partial charge in [0.15, 0.2) is 0 Å². The van der Waals surface area contributed by atoms with Crippen LogP contribution in [-0.4, -0.2) is 45.7 Å². The summed E-state index contributed by atoms with van der Waals surface area (Å²) < 4.78 is 13.9. The summed E-state index contributed by atoms with van der Waals surface area (Å²) in [5, 5.41) is 18.5. The standard InChI is InChI=1S/C13H14FNO4/c1-7-3-2-4-9(11(7)14)12(17)15-6-8(16)5-10(15)13(18)19/h2-4,8,10,16H,5-6H2,1H3,(H,18,19)/t8?,10-/m0/s1. The van der Waals surface area contributed by atoms with Gasteiger partial charge in [0.2, 0.25) is 0 Å². The largest absolute Gasteiger partial charge is 0.480 e. The molecule has 1 aromatic carbocycles. The van der Waals surface area contributed by atoms with Gasteiger partial charge in [0, 0.05) is 13.0 Å². The highest BCUT2D eigenvalue weighted by Gasteiger charge is 2.39. The number of amides is 1. The van der Waals surface area contributed by atoms with E-state index in [2.05, 4.69) is 0 Å². The summed E-state index contributed by atoms with van der Waals surface area (Å²) in [7, 11) is 0. The number of hydrogen-bond donors (Lipinski definition) is 2. The molecule has 1 saturated heterocycles. The molecule has 0 spiro atoms. The van der Waals surface area contributed by atoms with Gasteiger partial charge in [0.05, 0.1) is 11.7 Å². The molecule has 0 aromatic heterocycles. The minimum atomic E-state index is -1.20. The van der Waals surface area contributed by atoms with Crippen LogP contribution < -0.4 is 0 Å². The van der Waals surface area contributed by atoms with E-state index in [1.165, 1.54) is 25.1 Å². The first kappa shape index (κ1) is 13.5. The highest BCUT2D eigenvalue weighted by Crippen LogP contribution is 2.22. The van der Waals surface area contributed by atoms with Crippen molar-refractivity contribution >= 4 is 11.9 Å². The van der Waals surface area contributed by atoms with Crippen LogP contribution in [0.1, 0.15) is 22.3 Å². The molecule has 5 nitrogen and oxygen atoms in total. The average Bonchev–Trinajstić information content (AvgIpc) is 2.74. The van der Waals surface area contributed by atoms with Crippen LogP contribution in [-0.2, 0) is 4.79 Å². The van der Waals surface area contributed by atoms with E-state index < -0.39 is 29.8 Å². The Labute approximate surface area is 109 Å². The smallest absolute Gasteiger partial charge is 0.326 e. The third kappa shape index (κ3) is 2.44. The van der Waals surface area contributed by atoms with Crippen molar-refractivity contribution in [1.29, 1.82) is 0 Å². The van der Waals surface area contributed by atoms with Crippen LogP contribution in [0.25, 0.3) is 0 Å². The van der Waals surface area contributed by atoms with Crippen LogP contribution in [0.5, 0.6) is 0 Å². The number of carbonyl (C=O) groups excluding carboxylic acids is 1. The molecule has 2 N–H and O–H groups in total. The second-order valence-corrected chi connectivity index (χ2v) is 4.64. The third-order valence-corrected chi connectivity index (χ3v) is 3.25. The van der Waals surface area contributed by atoms with E-state index >= 15 is 0 Å². The molecule has 102 valence electrons. The first-order valence-electron chi connectivity index (χ1n) is 5.88. The number of likely N-dealkylation sites (tertiary alicyclic amines) is 1. The molecule has 19 heavy (non-hydrogen) atoms. The maximum atomic E-state index is 13.9. The number of rotatable bonds is 2. The van der Waals surface area contributed by atoms with Gasteiger partial charge in [0.1, 0.15) is 11.9 Å². The fraction of sp³-hybridized carbons (Fsp3) is 0.385. The monoisotopic (exact) mass is 267 g/mol. The topological polar surface area (TPSA) is 77.8 Å².